The molecule has 5 heteroatoms. The quantitative estimate of drug-likeness (QED) is 0.804. The molecule has 0 saturated heterocycles. The van der Waals surface area contributed by atoms with Gasteiger partial charge in [-0.15, -0.1) is 0 Å². The Morgan fingerprint density at radius 1 is 0.889 bits per heavy atom. The van der Waals surface area contributed by atoms with Crippen molar-refractivity contribution in [1.29, 1.82) is 0 Å². The highest BCUT2D eigenvalue weighted by Gasteiger charge is 2.02. The summed E-state index contributed by atoms with van der Waals surface area (Å²) < 4.78 is 0. The lowest BCUT2D eigenvalue weighted by atomic mass is 10.3. The summed E-state index contributed by atoms with van der Waals surface area (Å²) in [6.45, 7) is 0.494. The summed E-state index contributed by atoms with van der Waals surface area (Å²) in [5.74, 6) is 1.44. The number of carbonyl (C=O) groups is 1. The predicted octanol–water partition coefficient (Wildman–Crippen LogP) is 1.57. The summed E-state index contributed by atoms with van der Waals surface area (Å²) in [5.41, 5.74) is 0. The first-order chi connectivity index (χ1) is 8.84. The maximum atomic E-state index is 11.6. The second-order valence-electron chi connectivity index (χ2n) is 3.68. The fourth-order valence-electron chi connectivity index (χ4n) is 1.38. The standard InChI is InChI=1S/C13H14N4O/c18-11(9-16-12-5-1-3-7-14-12)10-17-13-6-2-4-8-15-13/h1-8H,9-10H2,(H,14,16)(H,15,17). The van der Waals surface area contributed by atoms with Crippen molar-refractivity contribution in [2.75, 3.05) is 23.7 Å². The third kappa shape index (κ3) is 3.86. The van der Waals surface area contributed by atoms with Crippen LogP contribution in [-0.2, 0) is 4.79 Å². The van der Waals surface area contributed by atoms with E-state index in [2.05, 4.69) is 20.6 Å². The zero-order valence-electron chi connectivity index (χ0n) is 9.84. The Balaban J connectivity index is 1.73. The van der Waals surface area contributed by atoms with Gasteiger partial charge in [-0.1, -0.05) is 12.1 Å². The topological polar surface area (TPSA) is 66.9 Å². The smallest absolute Gasteiger partial charge is 0.170 e. The Labute approximate surface area is 105 Å². The number of aromatic nitrogens is 2. The summed E-state index contributed by atoms with van der Waals surface area (Å²) >= 11 is 0. The van der Waals surface area contributed by atoms with Gasteiger partial charge in [0.05, 0.1) is 13.1 Å². The molecule has 0 spiro atoms. The summed E-state index contributed by atoms with van der Waals surface area (Å²) in [6.07, 6.45) is 3.36. The third-order valence-corrected chi connectivity index (χ3v) is 2.26. The number of hydrogen-bond donors (Lipinski definition) is 2. The maximum Gasteiger partial charge on any atom is 0.170 e. The number of carbonyl (C=O) groups excluding carboxylic acids is 1. The third-order valence-electron chi connectivity index (χ3n) is 2.26. The lowest BCUT2D eigenvalue weighted by molar-refractivity contribution is -0.115. The lowest BCUT2D eigenvalue weighted by Gasteiger charge is -2.06. The lowest BCUT2D eigenvalue weighted by Crippen LogP contribution is -2.22. The number of anilines is 2. The Bertz CT molecular complexity index is 441. The van der Waals surface area contributed by atoms with Crippen LogP contribution in [0.3, 0.4) is 0 Å². The van der Waals surface area contributed by atoms with Gasteiger partial charge in [-0.3, -0.25) is 4.79 Å². The van der Waals surface area contributed by atoms with Crippen molar-refractivity contribution in [3.05, 3.63) is 48.8 Å². The van der Waals surface area contributed by atoms with Crippen LogP contribution in [0.5, 0.6) is 0 Å². The summed E-state index contributed by atoms with van der Waals surface area (Å²) in [6, 6.07) is 11.0. The van der Waals surface area contributed by atoms with Crippen molar-refractivity contribution in [2.24, 2.45) is 0 Å². The molecule has 0 bridgehead atoms. The van der Waals surface area contributed by atoms with Crippen LogP contribution in [-0.4, -0.2) is 28.8 Å². The molecule has 0 fully saturated rings. The minimum absolute atomic E-state index is 0.0475. The van der Waals surface area contributed by atoms with Crippen LogP contribution in [0.2, 0.25) is 0 Å². The van der Waals surface area contributed by atoms with Crippen molar-refractivity contribution in [2.45, 2.75) is 0 Å². The van der Waals surface area contributed by atoms with Gasteiger partial charge in [0.25, 0.3) is 0 Å². The van der Waals surface area contributed by atoms with Crippen molar-refractivity contribution >= 4 is 17.4 Å². The second kappa shape index (κ2) is 6.34. The van der Waals surface area contributed by atoms with Gasteiger partial charge in [0.15, 0.2) is 5.78 Å². The molecule has 0 radical (unpaired) electrons. The SMILES string of the molecule is O=C(CNc1ccccn1)CNc1ccccn1. The number of Topliss-reactive ketones (excluding diaryl/α,β-unsaturated/α-hetero) is 1. The highest BCUT2D eigenvalue weighted by atomic mass is 16.1. The van der Waals surface area contributed by atoms with Gasteiger partial charge in [-0.25, -0.2) is 9.97 Å². The highest BCUT2D eigenvalue weighted by molar-refractivity contribution is 5.86. The van der Waals surface area contributed by atoms with E-state index in [0.29, 0.717) is 11.6 Å². The molecule has 2 heterocycles. The molecular weight excluding hydrogens is 228 g/mol. The van der Waals surface area contributed by atoms with Gasteiger partial charge in [0.1, 0.15) is 11.6 Å². The molecule has 0 saturated carbocycles. The number of pyridine rings is 2. The first-order valence-corrected chi connectivity index (χ1v) is 5.66. The molecular formula is C13H14N4O. The fourth-order valence-corrected chi connectivity index (χ4v) is 1.38. The molecule has 2 aromatic rings. The van der Waals surface area contributed by atoms with E-state index in [-0.39, 0.29) is 18.9 Å². The Hall–Kier alpha value is -2.43. The van der Waals surface area contributed by atoms with Crippen LogP contribution in [0.25, 0.3) is 0 Å². The first kappa shape index (κ1) is 12.0. The van der Waals surface area contributed by atoms with Crippen molar-refractivity contribution < 1.29 is 4.79 Å². The fraction of sp³-hybridized carbons (Fsp3) is 0.154. The number of hydrogen-bond acceptors (Lipinski definition) is 5. The molecule has 0 aliphatic rings. The van der Waals surface area contributed by atoms with Crippen LogP contribution in [0.1, 0.15) is 0 Å². The number of ketones is 1. The highest BCUT2D eigenvalue weighted by Crippen LogP contribution is 2.00. The molecule has 0 aliphatic heterocycles. The molecule has 2 aromatic heterocycles. The van der Waals surface area contributed by atoms with Gasteiger partial charge in [0.2, 0.25) is 0 Å². The van der Waals surface area contributed by atoms with Crippen LogP contribution in [0.15, 0.2) is 48.8 Å². The van der Waals surface area contributed by atoms with Gasteiger partial charge in [0, 0.05) is 12.4 Å². The average Bonchev–Trinajstić information content (AvgIpc) is 2.45. The van der Waals surface area contributed by atoms with E-state index in [4.69, 9.17) is 0 Å². The molecule has 0 aromatic carbocycles. The normalized spacial score (nSPS) is 9.78. The number of rotatable bonds is 6. The molecule has 2 rings (SSSR count). The van der Waals surface area contributed by atoms with Gasteiger partial charge in [-0.2, -0.15) is 0 Å². The van der Waals surface area contributed by atoms with E-state index in [1.165, 1.54) is 0 Å². The minimum atomic E-state index is 0.0475. The van der Waals surface area contributed by atoms with E-state index in [0.717, 1.165) is 0 Å². The Morgan fingerprint density at radius 2 is 1.39 bits per heavy atom. The number of nitrogens with zero attached hydrogens (tertiary/aromatic N) is 2. The van der Waals surface area contributed by atoms with Crippen LogP contribution >= 0.6 is 0 Å². The second-order valence-corrected chi connectivity index (χ2v) is 3.68. The largest absolute Gasteiger partial charge is 0.363 e. The van der Waals surface area contributed by atoms with Crippen molar-refractivity contribution in [3.63, 3.8) is 0 Å². The molecule has 0 aliphatic carbocycles. The van der Waals surface area contributed by atoms with Gasteiger partial charge in [-0.05, 0) is 24.3 Å². The van der Waals surface area contributed by atoms with Crippen molar-refractivity contribution in [1.82, 2.24) is 9.97 Å². The molecule has 0 amide bonds. The predicted molar refractivity (Wildman–Crippen MR) is 70.5 cm³/mol. The van der Waals surface area contributed by atoms with E-state index < -0.39 is 0 Å². The molecule has 5 nitrogen and oxygen atoms in total. The van der Waals surface area contributed by atoms with Crippen LogP contribution in [0, 0.1) is 0 Å². The summed E-state index contributed by atoms with van der Waals surface area (Å²) in [4.78, 5) is 19.8. The molecule has 18 heavy (non-hydrogen) atoms. The average molecular weight is 242 g/mol. The van der Waals surface area contributed by atoms with Crippen LogP contribution in [0.4, 0.5) is 11.6 Å². The molecule has 92 valence electrons. The minimum Gasteiger partial charge on any atom is -0.363 e. The molecule has 0 unspecified atom stereocenters. The zero-order valence-corrected chi connectivity index (χ0v) is 9.84. The van der Waals surface area contributed by atoms with Crippen LogP contribution < -0.4 is 10.6 Å². The monoisotopic (exact) mass is 242 g/mol. The zero-order chi connectivity index (χ0) is 12.6. The number of nitrogens with one attached hydrogen (secondary N) is 2. The summed E-state index contributed by atoms with van der Waals surface area (Å²) in [7, 11) is 0. The maximum absolute atomic E-state index is 11.6. The van der Waals surface area contributed by atoms with Gasteiger partial charge >= 0.3 is 0 Å². The van der Waals surface area contributed by atoms with Gasteiger partial charge < -0.3 is 10.6 Å². The van der Waals surface area contributed by atoms with E-state index >= 15 is 0 Å². The van der Waals surface area contributed by atoms with Crippen molar-refractivity contribution in [3.8, 4) is 0 Å². The molecule has 0 atom stereocenters. The van der Waals surface area contributed by atoms with E-state index in [1.54, 1.807) is 12.4 Å². The molecule has 2 N–H and O–H groups in total. The Kier molecular flexibility index (Phi) is 4.24. The van der Waals surface area contributed by atoms with E-state index in [9.17, 15) is 4.79 Å². The van der Waals surface area contributed by atoms with E-state index in [1.807, 2.05) is 36.4 Å². The summed E-state index contributed by atoms with van der Waals surface area (Å²) in [5, 5.41) is 5.92. The Morgan fingerprint density at radius 3 is 1.78 bits per heavy atom. The first-order valence-electron chi connectivity index (χ1n) is 5.66.